The highest BCUT2D eigenvalue weighted by Gasteiger charge is 2.19. The van der Waals surface area contributed by atoms with Gasteiger partial charge in [-0.2, -0.15) is 0 Å². The molecule has 112 valence electrons. The van der Waals surface area contributed by atoms with Crippen molar-refractivity contribution in [2.75, 3.05) is 0 Å². The fraction of sp³-hybridized carbons (Fsp3) is 0.333. The molecule has 0 saturated carbocycles. The second-order valence-electron chi connectivity index (χ2n) is 5.54. The van der Waals surface area contributed by atoms with Crippen molar-refractivity contribution in [1.29, 1.82) is 0 Å². The molecule has 2 aromatic rings. The molecular weight excluding hydrogens is 265 g/mol. The van der Waals surface area contributed by atoms with Gasteiger partial charge in [0.05, 0.1) is 6.10 Å². The van der Waals surface area contributed by atoms with Crippen molar-refractivity contribution < 1.29 is 9.50 Å². The maximum absolute atomic E-state index is 13.3. The summed E-state index contributed by atoms with van der Waals surface area (Å²) in [5, 5.41) is 13.8. The Morgan fingerprint density at radius 1 is 1.00 bits per heavy atom. The normalized spacial score (nSPS) is 15.5. The third-order valence-corrected chi connectivity index (χ3v) is 3.81. The van der Waals surface area contributed by atoms with Crippen LogP contribution in [0.5, 0.6) is 0 Å². The van der Waals surface area contributed by atoms with E-state index < -0.39 is 6.10 Å². The maximum atomic E-state index is 13.3. The molecule has 0 aliphatic heterocycles. The number of hydrogen-bond acceptors (Lipinski definition) is 2. The molecule has 2 N–H and O–H groups in total. The van der Waals surface area contributed by atoms with Crippen molar-refractivity contribution in [3.8, 4) is 0 Å². The van der Waals surface area contributed by atoms with Crippen LogP contribution in [0.2, 0.25) is 0 Å². The number of aliphatic hydroxyl groups is 1. The second-order valence-corrected chi connectivity index (χ2v) is 5.54. The Labute approximate surface area is 125 Å². The quantitative estimate of drug-likeness (QED) is 0.874. The molecule has 2 rings (SSSR count). The van der Waals surface area contributed by atoms with Crippen LogP contribution in [0.1, 0.15) is 42.7 Å². The highest BCUT2D eigenvalue weighted by molar-refractivity contribution is 5.26. The molecule has 0 aromatic heterocycles. The minimum absolute atomic E-state index is 0.134. The van der Waals surface area contributed by atoms with Crippen molar-refractivity contribution in [3.05, 3.63) is 71.0 Å². The Kier molecular flexibility index (Phi) is 5.10. The summed E-state index contributed by atoms with van der Waals surface area (Å²) < 4.78 is 13.3. The van der Waals surface area contributed by atoms with E-state index in [2.05, 4.69) is 24.4 Å². The van der Waals surface area contributed by atoms with Crippen LogP contribution in [0.25, 0.3) is 0 Å². The van der Waals surface area contributed by atoms with Crippen molar-refractivity contribution in [2.24, 2.45) is 0 Å². The first-order valence-corrected chi connectivity index (χ1v) is 7.24. The van der Waals surface area contributed by atoms with Crippen LogP contribution in [-0.2, 0) is 0 Å². The van der Waals surface area contributed by atoms with Crippen LogP contribution in [-0.4, -0.2) is 11.1 Å². The average Bonchev–Trinajstić information content (AvgIpc) is 2.50. The van der Waals surface area contributed by atoms with E-state index >= 15 is 0 Å². The van der Waals surface area contributed by atoms with E-state index in [-0.39, 0.29) is 17.9 Å². The maximum Gasteiger partial charge on any atom is 0.126 e. The Morgan fingerprint density at radius 3 is 2.29 bits per heavy atom. The molecule has 0 bridgehead atoms. The number of hydrogen-bond donors (Lipinski definition) is 2. The Bertz CT molecular complexity index is 585. The minimum Gasteiger partial charge on any atom is -0.387 e. The van der Waals surface area contributed by atoms with Gasteiger partial charge in [-0.15, -0.1) is 0 Å². The topological polar surface area (TPSA) is 32.3 Å². The summed E-state index contributed by atoms with van der Waals surface area (Å²) in [6.07, 6.45) is -0.671. The zero-order chi connectivity index (χ0) is 15.4. The summed E-state index contributed by atoms with van der Waals surface area (Å²) in [7, 11) is 0. The monoisotopic (exact) mass is 287 g/mol. The van der Waals surface area contributed by atoms with Crippen LogP contribution in [0, 0.1) is 12.7 Å². The van der Waals surface area contributed by atoms with E-state index in [1.165, 1.54) is 11.6 Å². The van der Waals surface area contributed by atoms with E-state index in [4.69, 9.17) is 0 Å². The zero-order valence-corrected chi connectivity index (χ0v) is 12.7. The SMILES string of the molecule is Cc1cc(C(O)C(C)NC(C)c2ccccc2)ccc1F. The highest BCUT2D eigenvalue weighted by atomic mass is 19.1. The zero-order valence-electron chi connectivity index (χ0n) is 12.7. The van der Waals surface area contributed by atoms with Gasteiger partial charge in [-0.1, -0.05) is 42.5 Å². The van der Waals surface area contributed by atoms with Crippen molar-refractivity contribution in [2.45, 2.75) is 39.0 Å². The summed E-state index contributed by atoms with van der Waals surface area (Å²) in [5.74, 6) is -0.246. The lowest BCUT2D eigenvalue weighted by Crippen LogP contribution is -2.34. The van der Waals surface area contributed by atoms with Gasteiger partial charge >= 0.3 is 0 Å². The third-order valence-electron chi connectivity index (χ3n) is 3.81. The molecular formula is C18H22FNO. The minimum atomic E-state index is -0.671. The summed E-state index contributed by atoms with van der Waals surface area (Å²) >= 11 is 0. The van der Waals surface area contributed by atoms with E-state index in [1.807, 2.05) is 25.1 Å². The summed E-state index contributed by atoms with van der Waals surface area (Å²) in [6.45, 7) is 5.70. The van der Waals surface area contributed by atoms with E-state index in [9.17, 15) is 9.50 Å². The van der Waals surface area contributed by atoms with Gasteiger partial charge in [-0.25, -0.2) is 4.39 Å². The van der Waals surface area contributed by atoms with E-state index in [0.29, 0.717) is 5.56 Å². The molecule has 0 fully saturated rings. The predicted molar refractivity (Wildman–Crippen MR) is 83.6 cm³/mol. The van der Waals surface area contributed by atoms with Gasteiger partial charge in [-0.05, 0) is 43.5 Å². The Morgan fingerprint density at radius 2 is 1.67 bits per heavy atom. The van der Waals surface area contributed by atoms with Crippen molar-refractivity contribution in [1.82, 2.24) is 5.32 Å². The van der Waals surface area contributed by atoms with Crippen molar-refractivity contribution >= 4 is 0 Å². The number of nitrogens with one attached hydrogen (secondary N) is 1. The first-order chi connectivity index (χ1) is 9.99. The van der Waals surface area contributed by atoms with Crippen LogP contribution in [0.15, 0.2) is 48.5 Å². The predicted octanol–water partition coefficient (Wildman–Crippen LogP) is 3.91. The van der Waals surface area contributed by atoms with Gasteiger partial charge in [-0.3, -0.25) is 0 Å². The van der Waals surface area contributed by atoms with Gasteiger partial charge in [0.2, 0.25) is 0 Å². The number of rotatable bonds is 5. The van der Waals surface area contributed by atoms with Crippen LogP contribution >= 0.6 is 0 Å². The van der Waals surface area contributed by atoms with Crippen LogP contribution in [0.4, 0.5) is 4.39 Å². The van der Waals surface area contributed by atoms with Crippen LogP contribution in [0.3, 0.4) is 0 Å². The van der Waals surface area contributed by atoms with Gasteiger partial charge in [0.15, 0.2) is 0 Å². The molecule has 0 radical (unpaired) electrons. The fourth-order valence-corrected chi connectivity index (χ4v) is 2.46. The second kappa shape index (κ2) is 6.83. The molecule has 3 heteroatoms. The Balaban J connectivity index is 2.05. The molecule has 3 unspecified atom stereocenters. The highest BCUT2D eigenvalue weighted by Crippen LogP contribution is 2.22. The van der Waals surface area contributed by atoms with E-state index in [1.54, 1.807) is 19.1 Å². The smallest absolute Gasteiger partial charge is 0.126 e. The standard InChI is InChI=1S/C18H22FNO/c1-12-11-16(9-10-17(12)19)18(21)14(3)20-13(2)15-7-5-4-6-8-15/h4-11,13-14,18,20-21H,1-3H3. The Hall–Kier alpha value is -1.71. The molecule has 0 spiro atoms. The largest absolute Gasteiger partial charge is 0.387 e. The molecule has 21 heavy (non-hydrogen) atoms. The fourth-order valence-electron chi connectivity index (χ4n) is 2.46. The van der Waals surface area contributed by atoms with Crippen molar-refractivity contribution in [3.63, 3.8) is 0 Å². The molecule has 0 heterocycles. The van der Waals surface area contributed by atoms with Gasteiger partial charge in [0.25, 0.3) is 0 Å². The summed E-state index contributed by atoms with van der Waals surface area (Å²) in [5.41, 5.74) is 2.45. The van der Waals surface area contributed by atoms with Crippen LogP contribution < -0.4 is 5.32 Å². The van der Waals surface area contributed by atoms with Gasteiger partial charge < -0.3 is 10.4 Å². The first-order valence-electron chi connectivity index (χ1n) is 7.24. The molecule has 2 nitrogen and oxygen atoms in total. The molecule has 0 saturated heterocycles. The summed E-state index contributed by atoms with van der Waals surface area (Å²) in [6, 6.07) is 14.8. The van der Waals surface area contributed by atoms with Gasteiger partial charge in [0.1, 0.15) is 5.82 Å². The number of aryl methyl sites for hydroxylation is 1. The molecule has 0 aliphatic carbocycles. The number of aliphatic hydroxyl groups excluding tert-OH is 1. The average molecular weight is 287 g/mol. The molecule has 0 amide bonds. The molecule has 2 aromatic carbocycles. The lowest BCUT2D eigenvalue weighted by atomic mass is 9.99. The lowest BCUT2D eigenvalue weighted by molar-refractivity contribution is 0.130. The lowest BCUT2D eigenvalue weighted by Gasteiger charge is -2.25. The summed E-state index contributed by atoms with van der Waals surface area (Å²) in [4.78, 5) is 0. The number of halogens is 1. The first kappa shape index (κ1) is 15.7. The van der Waals surface area contributed by atoms with Gasteiger partial charge in [0, 0.05) is 12.1 Å². The van der Waals surface area contributed by atoms with E-state index in [0.717, 1.165) is 5.56 Å². The third kappa shape index (κ3) is 3.90. The molecule has 3 atom stereocenters. The number of benzene rings is 2. The molecule has 0 aliphatic rings.